The van der Waals surface area contributed by atoms with E-state index in [4.69, 9.17) is 4.74 Å². The molecule has 0 unspecified atom stereocenters. The van der Waals surface area contributed by atoms with Gasteiger partial charge in [0.15, 0.2) is 0 Å². The van der Waals surface area contributed by atoms with Crippen LogP contribution < -0.4 is 10.1 Å². The molecule has 1 aromatic rings. The van der Waals surface area contributed by atoms with Crippen LogP contribution in [0, 0.1) is 6.92 Å². The minimum atomic E-state index is -4.22. The van der Waals surface area contributed by atoms with Crippen molar-refractivity contribution in [3.8, 4) is 6.01 Å². The Balaban J connectivity index is 2.51. The van der Waals surface area contributed by atoms with E-state index in [0.717, 1.165) is 12.1 Å². The molecule has 18 heavy (non-hydrogen) atoms. The van der Waals surface area contributed by atoms with Gasteiger partial charge >= 0.3 is 12.2 Å². The lowest BCUT2D eigenvalue weighted by Gasteiger charge is -2.09. The quantitative estimate of drug-likeness (QED) is 0.855. The van der Waals surface area contributed by atoms with Crippen molar-refractivity contribution in [2.75, 3.05) is 13.2 Å². The third-order valence-electron chi connectivity index (χ3n) is 2.24. The Hall–Kier alpha value is -1.37. The fraction of sp³-hybridized carbons (Fsp3) is 0.636. The van der Waals surface area contributed by atoms with Gasteiger partial charge in [-0.2, -0.15) is 13.2 Å². The van der Waals surface area contributed by atoms with Gasteiger partial charge in [-0.15, -0.1) is 0 Å². The number of halogens is 3. The van der Waals surface area contributed by atoms with Crippen LogP contribution in [-0.4, -0.2) is 29.3 Å². The normalized spacial score (nSPS) is 11.6. The molecule has 1 aromatic heterocycles. The Bertz CT molecular complexity index is 382. The molecule has 102 valence electrons. The van der Waals surface area contributed by atoms with E-state index >= 15 is 0 Å². The molecule has 1 rings (SSSR count). The predicted octanol–water partition coefficient (Wildman–Crippen LogP) is 2.23. The first kappa shape index (κ1) is 14.7. The molecule has 0 spiro atoms. The molecular weight excluding hydrogens is 247 g/mol. The first-order valence-corrected chi connectivity index (χ1v) is 5.65. The SMILES string of the molecule is CCNCc1cnc(OCCC(F)(F)F)nc1C. The van der Waals surface area contributed by atoms with E-state index in [0.29, 0.717) is 12.2 Å². The van der Waals surface area contributed by atoms with E-state index in [-0.39, 0.29) is 6.01 Å². The summed E-state index contributed by atoms with van der Waals surface area (Å²) in [6.45, 7) is 4.74. The van der Waals surface area contributed by atoms with Crippen LogP contribution in [0.25, 0.3) is 0 Å². The zero-order chi connectivity index (χ0) is 13.6. The van der Waals surface area contributed by atoms with Gasteiger partial charge in [-0.25, -0.2) is 9.97 Å². The molecule has 0 aromatic carbocycles. The molecule has 1 N–H and O–H groups in total. The third kappa shape index (κ3) is 5.31. The van der Waals surface area contributed by atoms with E-state index in [2.05, 4.69) is 15.3 Å². The summed E-state index contributed by atoms with van der Waals surface area (Å²) in [5.74, 6) is 0. The van der Waals surface area contributed by atoms with E-state index in [1.165, 1.54) is 0 Å². The Kier molecular flexibility index (Phi) is 5.33. The molecule has 0 bridgehead atoms. The number of aryl methyl sites for hydroxylation is 1. The van der Waals surface area contributed by atoms with Gasteiger partial charge in [0.25, 0.3) is 0 Å². The predicted molar refractivity (Wildman–Crippen MR) is 60.3 cm³/mol. The number of rotatable bonds is 6. The summed E-state index contributed by atoms with van der Waals surface area (Å²) in [4.78, 5) is 7.88. The summed E-state index contributed by atoms with van der Waals surface area (Å²) in [6, 6.07) is -0.0167. The van der Waals surface area contributed by atoms with Crippen molar-refractivity contribution < 1.29 is 17.9 Å². The van der Waals surface area contributed by atoms with Gasteiger partial charge in [-0.1, -0.05) is 6.92 Å². The average Bonchev–Trinajstić information content (AvgIpc) is 2.26. The molecule has 1 heterocycles. The van der Waals surface area contributed by atoms with Gasteiger partial charge in [0.05, 0.1) is 6.42 Å². The molecule has 7 heteroatoms. The zero-order valence-corrected chi connectivity index (χ0v) is 10.3. The second-order valence-electron chi connectivity index (χ2n) is 3.76. The molecular formula is C11H16F3N3O. The average molecular weight is 263 g/mol. The first-order chi connectivity index (χ1) is 8.42. The van der Waals surface area contributed by atoms with E-state index in [1.54, 1.807) is 13.1 Å². The Morgan fingerprint density at radius 2 is 2.11 bits per heavy atom. The maximum absolute atomic E-state index is 11.9. The van der Waals surface area contributed by atoms with Crippen molar-refractivity contribution in [1.29, 1.82) is 0 Å². The molecule has 0 atom stereocenters. The fourth-order valence-electron chi connectivity index (χ4n) is 1.23. The zero-order valence-electron chi connectivity index (χ0n) is 10.3. The first-order valence-electron chi connectivity index (χ1n) is 5.65. The van der Waals surface area contributed by atoms with Crippen LogP contribution in [0.15, 0.2) is 6.20 Å². The van der Waals surface area contributed by atoms with Gasteiger partial charge in [0.1, 0.15) is 6.61 Å². The number of nitrogens with one attached hydrogen (secondary N) is 1. The molecule has 0 fully saturated rings. The maximum atomic E-state index is 11.9. The summed E-state index contributed by atoms with van der Waals surface area (Å²) in [7, 11) is 0. The van der Waals surface area contributed by atoms with Crippen molar-refractivity contribution >= 4 is 0 Å². The maximum Gasteiger partial charge on any atom is 0.392 e. The number of aromatic nitrogens is 2. The second-order valence-corrected chi connectivity index (χ2v) is 3.76. The van der Waals surface area contributed by atoms with Crippen molar-refractivity contribution in [2.45, 2.75) is 33.0 Å². The van der Waals surface area contributed by atoms with Crippen molar-refractivity contribution in [3.63, 3.8) is 0 Å². The van der Waals surface area contributed by atoms with Gasteiger partial charge in [0, 0.05) is 24.0 Å². The summed E-state index contributed by atoms with van der Waals surface area (Å²) < 4.78 is 40.6. The van der Waals surface area contributed by atoms with E-state index < -0.39 is 19.2 Å². The van der Waals surface area contributed by atoms with Crippen LogP contribution in [0.5, 0.6) is 6.01 Å². The summed E-state index contributed by atoms with van der Waals surface area (Å²) in [5, 5.41) is 3.12. The third-order valence-corrected chi connectivity index (χ3v) is 2.24. The van der Waals surface area contributed by atoms with Crippen LogP contribution in [0.2, 0.25) is 0 Å². The summed E-state index contributed by atoms with van der Waals surface area (Å²) in [6.07, 6.45) is -3.66. The molecule has 0 saturated heterocycles. The van der Waals surface area contributed by atoms with E-state index in [1.807, 2.05) is 6.92 Å². The lowest BCUT2D eigenvalue weighted by atomic mass is 10.2. The lowest BCUT2D eigenvalue weighted by Crippen LogP contribution is -2.15. The molecule has 0 saturated carbocycles. The highest BCUT2D eigenvalue weighted by atomic mass is 19.4. The lowest BCUT2D eigenvalue weighted by molar-refractivity contribution is -0.139. The summed E-state index contributed by atoms with van der Waals surface area (Å²) >= 11 is 0. The van der Waals surface area contributed by atoms with Crippen LogP contribution in [0.4, 0.5) is 13.2 Å². The molecule has 0 radical (unpaired) electrons. The minimum Gasteiger partial charge on any atom is -0.463 e. The van der Waals surface area contributed by atoms with Crippen molar-refractivity contribution in [3.05, 3.63) is 17.5 Å². The topological polar surface area (TPSA) is 47.0 Å². The van der Waals surface area contributed by atoms with Crippen LogP contribution in [-0.2, 0) is 6.54 Å². The molecule has 0 aliphatic rings. The number of alkyl halides is 3. The van der Waals surface area contributed by atoms with Gasteiger partial charge in [-0.05, 0) is 13.5 Å². The number of nitrogens with zero attached hydrogens (tertiary/aromatic N) is 2. The smallest absolute Gasteiger partial charge is 0.392 e. The van der Waals surface area contributed by atoms with Gasteiger partial charge < -0.3 is 10.1 Å². The Morgan fingerprint density at radius 3 is 2.67 bits per heavy atom. The number of hydrogen-bond acceptors (Lipinski definition) is 4. The molecule has 0 aliphatic heterocycles. The van der Waals surface area contributed by atoms with E-state index in [9.17, 15) is 13.2 Å². The fourth-order valence-corrected chi connectivity index (χ4v) is 1.23. The highest BCUT2D eigenvalue weighted by Gasteiger charge is 2.27. The standard InChI is InChI=1S/C11H16F3N3O/c1-3-15-6-9-7-16-10(17-8(9)2)18-5-4-11(12,13)14/h7,15H,3-6H2,1-2H3. The number of hydrogen-bond donors (Lipinski definition) is 1. The minimum absolute atomic E-state index is 0.0167. The van der Waals surface area contributed by atoms with Crippen LogP contribution >= 0.6 is 0 Å². The highest BCUT2D eigenvalue weighted by molar-refractivity contribution is 5.17. The number of ether oxygens (including phenoxy) is 1. The molecule has 0 aliphatic carbocycles. The summed E-state index contributed by atoms with van der Waals surface area (Å²) in [5.41, 5.74) is 1.60. The molecule has 4 nitrogen and oxygen atoms in total. The van der Waals surface area contributed by atoms with Gasteiger partial charge in [0.2, 0.25) is 0 Å². The van der Waals surface area contributed by atoms with Crippen molar-refractivity contribution in [1.82, 2.24) is 15.3 Å². The Morgan fingerprint density at radius 1 is 1.39 bits per heavy atom. The largest absolute Gasteiger partial charge is 0.463 e. The van der Waals surface area contributed by atoms with Crippen molar-refractivity contribution in [2.24, 2.45) is 0 Å². The molecule has 0 amide bonds. The van der Waals surface area contributed by atoms with Gasteiger partial charge in [-0.3, -0.25) is 0 Å². The van der Waals surface area contributed by atoms with Crippen LogP contribution in [0.3, 0.4) is 0 Å². The Labute approximate surface area is 104 Å². The monoisotopic (exact) mass is 263 g/mol. The van der Waals surface area contributed by atoms with Crippen LogP contribution in [0.1, 0.15) is 24.6 Å². The second kappa shape index (κ2) is 6.53. The highest BCUT2D eigenvalue weighted by Crippen LogP contribution is 2.19.